The summed E-state index contributed by atoms with van der Waals surface area (Å²) in [5, 5.41) is 0. The van der Waals surface area contributed by atoms with Gasteiger partial charge in [0.2, 0.25) is 0 Å². The Morgan fingerprint density at radius 3 is 2.61 bits per heavy atom. The zero-order valence-corrected chi connectivity index (χ0v) is 11.3. The van der Waals surface area contributed by atoms with Gasteiger partial charge in [0.25, 0.3) is 0 Å². The van der Waals surface area contributed by atoms with Crippen LogP contribution in [0.4, 0.5) is 0 Å². The molecule has 0 bridgehead atoms. The summed E-state index contributed by atoms with van der Waals surface area (Å²) in [6, 6.07) is 0.526. The summed E-state index contributed by atoms with van der Waals surface area (Å²) in [7, 11) is 0. The molecule has 1 saturated heterocycles. The fourth-order valence-electron chi connectivity index (χ4n) is 2.47. The van der Waals surface area contributed by atoms with Gasteiger partial charge in [-0.2, -0.15) is 0 Å². The van der Waals surface area contributed by atoms with Gasteiger partial charge in [-0.25, -0.2) is 4.98 Å². The van der Waals surface area contributed by atoms with Gasteiger partial charge in [-0.3, -0.25) is 4.90 Å². The van der Waals surface area contributed by atoms with Crippen molar-refractivity contribution in [3.05, 3.63) is 18.7 Å². The molecule has 1 aromatic heterocycles. The Kier molecular flexibility index (Phi) is 5.16. The van der Waals surface area contributed by atoms with Gasteiger partial charge < -0.3 is 15.2 Å². The highest BCUT2D eigenvalue weighted by atomic mass is 15.3. The molecule has 0 amide bonds. The van der Waals surface area contributed by atoms with Gasteiger partial charge in [0.05, 0.1) is 6.33 Å². The van der Waals surface area contributed by atoms with Crippen molar-refractivity contribution in [1.29, 1.82) is 0 Å². The predicted molar refractivity (Wildman–Crippen MR) is 73.4 cm³/mol. The maximum atomic E-state index is 5.71. The molecule has 1 aliphatic rings. The first kappa shape index (κ1) is 13.5. The van der Waals surface area contributed by atoms with Gasteiger partial charge >= 0.3 is 0 Å². The lowest BCUT2D eigenvalue weighted by Gasteiger charge is -2.37. The number of hydrogen-bond donors (Lipinski definition) is 1. The molecule has 2 rings (SSSR count). The van der Waals surface area contributed by atoms with Crippen molar-refractivity contribution in [3.63, 3.8) is 0 Å². The lowest BCUT2D eigenvalue weighted by molar-refractivity contribution is 0.103. The molecule has 1 atom stereocenters. The van der Waals surface area contributed by atoms with Crippen LogP contribution in [0.5, 0.6) is 0 Å². The molecule has 0 aliphatic carbocycles. The van der Waals surface area contributed by atoms with E-state index in [1.54, 1.807) is 0 Å². The zero-order valence-electron chi connectivity index (χ0n) is 11.3. The largest absolute Gasteiger partial charge is 0.337 e. The van der Waals surface area contributed by atoms with Crippen LogP contribution in [0.3, 0.4) is 0 Å². The van der Waals surface area contributed by atoms with E-state index < -0.39 is 0 Å². The van der Waals surface area contributed by atoms with Crippen LogP contribution in [0.1, 0.15) is 13.3 Å². The first-order valence-electron chi connectivity index (χ1n) is 6.92. The summed E-state index contributed by atoms with van der Waals surface area (Å²) in [6.45, 7) is 9.90. The molecular weight excluding hydrogens is 226 g/mol. The van der Waals surface area contributed by atoms with Gasteiger partial charge in [0.15, 0.2) is 0 Å². The second-order valence-corrected chi connectivity index (χ2v) is 5.12. The third-order valence-electron chi connectivity index (χ3n) is 3.82. The van der Waals surface area contributed by atoms with E-state index in [9.17, 15) is 0 Å². The van der Waals surface area contributed by atoms with Gasteiger partial charge in [0.1, 0.15) is 0 Å². The average molecular weight is 251 g/mol. The first-order valence-corrected chi connectivity index (χ1v) is 6.92. The number of aromatic nitrogens is 2. The molecule has 1 aliphatic heterocycles. The Bertz CT molecular complexity index is 316. The monoisotopic (exact) mass is 251 g/mol. The van der Waals surface area contributed by atoms with E-state index in [1.807, 2.05) is 18.7 Å². The molecule has 102 valence electrons. The Morgan fingerprint density at radius 1 is 1.22 bits per heavy atom. The van der Waals surface area contributed by atoms with E-state index >= 15 is 0 Å². The quantitative estimate of drug-likeness (QED) is 0.787. The minimum absolute atomic E-state index is 0.526. The third-order valence-corrected chi connectivity index (χ3v) is 3.82. The highest BCUT2D eigenvalue weighted by molar-refractivity contribution is 4.77. The van der Waals surface area contributed by atoms with Crippen LogP contribution < -0.4 is 5.73 Å². The topological polar surface area (TPSA) is 50.3 Å². The van der Waals surface area contributed by atoms with Crippen LogP contribution in [0, 0.1) is 0 Å². The number of piperazine rings is 1. The highest BCUT2D eigenvalue weighted by Crippen LogP contribution is 2.06. The van der Waals surface area contributed by atoms with Crippen molar-refractivity contribution >= 4 is 0 Å². The van der Waals surface area contributed by atoms with Crippen LogP contribution in [0.25, 0.3) is 0 Å². The second kappa shape index (κ2) is 6.87. The van der Waals surface area contributed by atoms with E-state index in [1.165, 1.54) is 26.1 Å². The summed E-state index contributed by atoms with van der Waals surface area (Å²) < 4.78 is 2.15. The van der Waals surface area contributed by atoms with Crippen LogP contribution in [-0.4, -0.2) is 64.7 Å². The van der Waals surface area contributed by atoms with Gasteiger partial charge in [-0.1, -0.05) is 0 Å². The first-order chi connectivity index (χ1) is 8.79. The Labute approximate surface area is 110 Å². The van der Waals surface area contributed by atoms with Crippen LogP contribution >= 0.6 is 0 Å². The molecule has 2 N–H and O–H groups in total. The SMILES string of the molecule is CC(CN)N1CCN(CCCn2ccnc2)CC1. The van der Waals surface area contributed by atoms with E-state index in [0.717, 1.165) is 26.2 Å². The van der Waals surface area contributed by atoms with Crippen molar-refractivity contribution in [1.82, 2.24) is 19.4 Å². The number of nitrogens with two attached hydrogens (primary N) is 1. The number of hydrogen-bond acceptors (Lipinski definition) is 4. The maximum absolute atomic E-state index is 5.71. The molecule has 1 unspecified atom stereocenters. The third kappa shape index (κ3) is 3.80. The number of rotatable bonds is 6. The normalized spacial score (nSPS) is 20.1. The predicted octanol–water partition coefficient (Wildman–Crippen LogP) is 0.238. The van der Waals surface area contributed by atoms with E-state index in [-0.39, 0.29) is 0 Å². The van der Waals surface area contributed by atoms with Gasteiger partial charge in [-0.05, 0) is 19.9 Å². The minimum atomic E-state index is 0.526. The number of imidazole rings is 1. The van der Waals surface area contributed by atoms with E-state index in [0.29, 0.717) is 6.04 Å². The van der Waals surface area contributed by atoms with Crippen molar-refractivity contribution in [2.75, 3.05) is 39.3 Å². The highest BCUT2D eigenvalue weighted by Gasteiger charge is 2.19. The average Bonchev–Trinajstić information content (AvgIpc) is 2.92. The zero-order chi connectivity index (χ0) is 12.8. The summed E-state index contributed by atoms with van der Waals surface area (Å²) >= 11 is 0. The maximum Gasteiger partial charge on any atom is 0.0945 e. The number of nitrogens with zero attached hydrogens (tertiary/aromatic N) is 4. The van der Waals surface area contributed by atoms with Crippen LogP contribution in [0.2, 0.25) is 0 Å². The molecule has 18 heavy (non-hydrogen) atoms. The molecule has 0 spiro atoms. The molecule has 0 aromatic carbocycles. The Balaban J connectivity index is 1.61. The lowest BCUT2D eigenvalue weighted by Crippen LogP contribution is -2.51. The summed E-state index contributed by atoms with van der Waals surface area (Å²) in [5.41, 5.74) is 5.71. The van der Waals surface area contributed by atoms with Gasteiger partial charge in [0, 0.05) is 57.7 Å². The Hall–Kier alpha value is -0.910. The minimum Gasteiger partial charge on any atom is -0.337 e. The fraction of sp³-hybridized carbons (Fsp3) is 0.769. The molecule has 5 nitrogen and oxygen atoms in total. The molecular formula is C13H25N5. The van der Waals surface area contributed by atoms with Crippen molar-refractivity contribution in [2.24, 2.45) is 5.73 Å². The van der Waals surface area contributed by atoms with Crippen LogP contribution in [0.15, 0.2) is 18.7 Å². The van der Waals surface area contributed by atoms with Crippen molar-refractivity contribution in [2.45, 2.75) is 25.9 Å². The fourth-order valence-corrected chi connectivity index (χ4v) is 2.47. The molecule has 1 fully saturated rings. The molecule has 1 aromatic rings. The Morgan fingerprint density at radius 2 is 2.00 bits per heavy atom. The number of aryl methyl sites for hydroxylation is 1. The molecule has 0 radical (unpaired) electrons. The molecule has 5 heteroatoms. The van der Waals surface area contributed by atoms with Gasteiger partial charge in [-0.15, -0.1) is 0 Å². The molecule has 0 saturated carbocycles. The summed E-state index contributed by atoms with van der Waals surface area (Å²) in [5.74, 6) is 0. The van der Waals surface area contributed by atoms with Crippen molar-refractivity contribution in [3.8, 4) is 0 Å². The lowest BCUT2D eigenvalue weighted by atomic mass is 10.2. The summed E-state index contributed by atoms with van der Waals surface area (Å²) in [4.78, 5) is 9.10. The standard InChI is InChI=1S/C13H25N5/c1-13(11-14)18-9-7-16(8-10-18)4-2-5-17-6-3-15-12-17/h3,6,12-13H,2,4-5,7-11,14H2,1H3. The smallest absolute Gasteiger partial charge is 0.0945 e. The summed E-state index contributed by atoms with van der Waals surface area (Å²) in [6.07, 6.45) is 6.96. The van der Waals surface area contributed by atoms with E-state index in [4.69, 9.17) is 5.73 Å². The van der Waals surface area contributed by atoms with Crippen LogP contribution in [-0.2, 0) is 6.54 Å². The van der Waals surface area contributed by atoms with E-state index in [2.05, 4.69) is 26.3 Å². The molecule has 2 heterocycles. The second-order valence-electron chi connectivity index (χ2n) is 5.12. The van der Waals surface area contributed by atoms with Crippen molar-refractivity contribution < 1.29 is 0 Å².